The van der Waals surface area contributed by atoms with Crippen molar-refractivity contribution in [2.45, 2.75) is 56.6 Å². The van der Waals surface area contributed by atoms with Crippen LogP contribution in [0.3, 0.4) is 0 Å². The summed E-state index contributed by atoms with van der Waals surface area (Å²) in [6.45, 7) is 2.64. The van der Waals surface area contributed by atoms with E-state index in [0.29, 0.717) is 12.0 Å². The summed E-state index contributed by atoms with van der Waals surface area (Å²) in [6, 6.07) is 17.8. The van der Waals surface area contributed by atoms with Gasteiger partial charge in [-0.25, -0.2) is 18.1 Å². The minimum Gasteiger partial charge on any atom is -0.339 e. The molecule has 2 heterocycles. The van der Waals surface area contributed by atoms with Gasteiger partial charge in [0.25, 0.3) is 10.0 Å². The lowest BCUT2D eigenvalue weighted by Crippen LogP contribution is -2.49. The van der Waals surface area contributed by atoms with Gasteiger partial charge in [-0.05, 0) is 61.0 Å². The van der Waals surface area contributed by atoms with Crippen LogP contribution < -0.4 is 4.72 Å². The first kappa shape index (κ1) is 23.7. The van der Waals surface area contributed by atoms with Crippen LogP contribution in [0.25, 0.3) is 0 Å². The third-order valence-corrected chi connectivity index (χ3v) is 8.15. The molecule has 0 bridgehead atoms. The molecule has 2 aromatic carbocycles. The van der Waals surface area contributed by atoms with Gasteiger partial charge in [-0.1, -0.05) is 56.0 Å². The zero-order chi connectivity index (χ0) is 22.1. The standard InChI is InChI=1S/C25H30N4O2S.CH4/c1-28-17-25(26-18-28)32(30,31)27-16-20-8-9-21-10-11-24(29-12-5-13-29)23(22(21)15-20)14-19-6-3-2-4-7-19;/h2-4,6-9,15,17-18,23-24,27H,5,10-14,16H2,1H3;1H4. The van der Waals surface area contributed by atoms with Gasteiger partial charge in [-0.2, -0.15) is 0 Å². The zero-order valence-corrected chi connectivity index (χ0v) is 19.3. The van der Waals surface area contributed by atoms with Crippen molar-refractivity contribution in [2.24, 2.45) is 7.05 Å². The SMILES string of the molecule is C.Cn1cnc(S(=O)(=O)NCc2ccc3c(c2)C(Cc2ccccc2)C(N2CCC2)CC3)c1. The lowest BCUT2D eigenvalue weighted by Gasteiger charge is -2.45. The van der Waals surface area contributed by atoms with Crippen LogP contribution in [-0.2, 0) is 36.5 Å². The Bertz CT molecular complexity index is 1190. The minimum absolute atomic E-state index is 0. The van der Waals surface area contributed by atoms with E-state index in [4.69, 9.17) is 0 Å². The van der Waals surface area contributed by atoms with E-state index in [2.05, 4.69) is 63.1 Å². The molecule has 0 saturated carbocycles. The summed E-state index contributed by atoms with van der Waals surface area (Å²) < 4.78 is 29.6. The van der Waals surface area contributed by atoms with Crippen molar-refractivity contribution in [1.82, 2.24) is 19.2 Å². The van der Waals surface area contributed by atoms with E-state index in [-0.39, 0.29) is 19.0 Å². The van der Waals surface area contributed by atoms with E-state index in [1.54, 1.807) is 11.6 Å². The molecule has 2 unspecified atom stereocenters. The summed E-state index contributed by atoms with van der Waals surface area (Å²) in [5, 5.41) is 0.0535. The number of aromatic nitrogens is 2. The number of nitrogens with one attached hydrogen (secondary N) is 1. The first-order valence-electron chi connectivity index (χ1n) is 11.4. The molecule has 2 atom stereocenters. The molecule has 7 heteroatoms. The van der Waals surface area contributed by atoms with Gasteiger partial charge < -0.3 is 4.57 Å². The van der Waals surface area contributed by atoms with Gasteiger partial charge in [-0.15, -0.1) is 0 Å². The third kappa shape index (κ3) is 5.05. The van der Waals surface area contributed by atoms with E-state index in [9.17, 15) is 8.42 Å². The number of hydrogen-bond donors (Lipinski definition) is 1. The lowest BCUT2D eigenvalue weighted by molar-refractivity contribution is 0.0877. The molecule has 1 saturated heterocycles. The number of rotatable bonds is 7. The van der Waals surface area contributed by atoms with Crippen LogP contribution in [0.5, 0.6) is 0 Å². The van der Waals surface area contributed by atoms with Crippen molar-refractivity contribution in [2.75, 3.05) is 13.1 Å². The second-order valence-electron chi connectivity index (χ2n) is 9.03. The van der Waals surface area contributed by atoms with Crippen LogP contribution in [0.4, 0.5) is 0 Å². The molecular formula is C26H34N4O2S. The first-order valence-corrected chi connectivity index (χ1v) is 12.9. The van der Waals surface area contributed by atoms with Crippen molar-refractivity contribution >= 4 is 10.0 Å². The smallest absolute Gasteiger partial charge is 0.259 e. The van der Waals surface area contributed by atoms with Crippen molar-refractivity contribution < 1.29 is 8.42 Å². The summed E-state index contributed by atoms with van der Waals surface area (Å²) >= 11 is 0. The molecule has 3 aromatic rings. The Balaban J connectivity index is 0.00000259. The predicted molar refractivity (Wildman–Crippen MR) is 132 cm³/mol. The van der Waals surface area contributed by atoms with E-state index in [1.807, 2.05) is 0 Å². The summed E-state index contributed by atoms with van der Waals surface area (Å²) in [7, 11) is -1.87. The van der Waals surface area contributed by atoms with Crippen LogP contribution in [0.15, 0.2) is 66.1 Å². The number of fused-ring (bicyclic) bond motifs is 1. The highest BCUT2D eigenvalue weighted by Crippen LogP contribution is 2.39. The number of sulfonamides is 1. The molecule has 6 nitrogen and oxygen atoms in total. The second kappa shape index (κ2) is 9.79. The van der Waals surface area contributed by atoms with Crippen molar-refractivity contribution in [1.29, 1.82) is 0 Å². The molecule has 0 spiro atoms. The monoisotopic (exact) mass is 466 g/mol. The summed E-state index contributed by atoms with van der Waals surface area (Å²) in [6.07, 6.45) is 7.59. The average Bonchev–Trinajstić information content (AvgIpc) is 3.21. The number of aryl methyl sites for hydroxylation is 2. The highest BCUT2D eigenvalue weighted by atomic mass is 32.2. The van der Waals surface area contributed by atoms with Crippen LogP contribution >= 0.6 is 0 Å². The Morgan fingerprint density at radius 3 is 2.55 bits per heavy atom. The maximum absolute atomic E-state index is 12.6. The predicted octanol–water partition coefficient (Wildman–Crippen LogP) is 3.88. The lowest BCUT2D eigenvalue weighted by atomic mass is 9.74. The fourth-order valence-corrected chi connectivity index (χ4v) is 6.04. The number of benzene rings is 2. The Kier molecular flexibility index (Phi) is 7.02. The molecule has 0 radical (unpaired) electrons. The molecule has 1 N–H and O–H groups in total. The highest BCUT2D eigenvalue weighted by Gasteiger charge is 2.35. The normalized spacial score (nSPS) is 20.5. The topological polar surface area (TPSA) is 67.2 Å². The Labute approximate surface area is 197 Å². The Hall–Kier alpha value is -2.48. The minimum atomic E-state index is -3.63. The highest BCUT2D eigenvalue weighted by molar-refractivity contribution is 7.89. The Morgan fingerprint density at radius 1 is 1.09 bits per heavy atom. The van der Waals surface area contributed by atoms with Crippen LogP contribution in [0, 0.1) is 0 Å². The number of hydrogen-bond acceptors (Lipinski definition) is 4. The molecule has 1 aliphatic heterocycles. The number of nitrogens with zero attached hydrogens (tertiary/aromatic N) is 3. The van der Waals surface area contributed by atoms with Gasteiger partial charge in [-0.3, -0.25) is 4.90 Å². The third-order valence-electron chi connectivity index (χ3n) is 6.86. The van der Waals surface area contributed by atoms with Gasteiger partial charge in [0, 0.05) is 31.7 Å². The molecule has 1 fully saturated rings. The average molecular weight is 467 g/mol. The van der Waals surface area contributed by atoms with Crippen molar-refractivity contribution in [3.8, 4) is 0 Å². The van der Waals surface area contributed by atoms with Crippen LogP contribution in [-0.4, -0.2) is 42.0 Å². The maximum Gasteiger partial charge on any atom is 0.259 e. The quantitative estimate of drug-likeness (QED) is 0.574. The van der Waals surface area contributed by atoms with Gasteiger partial charge in [0.1, 0.15) is 0 Å². The Morgan fingerprint density at radius 2 is 1.88 bits per heavy atom. The second-order valence-corrected chi connectivity index (χ2v) is 10.7. The van der Waals surface area contributed by atoms with E-state index in [1.165, 1.54) is 55.1 Å². The van der Waals surface area contributed by atoms with Crippen molar-refractivity contribution in [3.63, 3.8) is 0 Å². The number of likely N-dealkylation sites (tertiary alicyclic amines) is 1. The fraction of sp³-hybridized carbons (Fsp3) is 0.423. The molecule has 5 rings (SSSR count). The van der Waals surface area contributed by atoms with Crippen LogP contribution in [0.2, 0.25) is 0 Å². The van der Waals surface area contributed by atoms with Crippen LogP contribution in [0.1, 0.15) is 48.4 Å². The largest absolute Gasteiger partial charge is 0.339 e. The number of imidazole rings is 1. The zero-order valence-electron chi connectivity index (χ0n) is 18.4. The molecule has 0 amide bonds. The van der Waals surface area contributed by atoms with E-state index >= 15 is 0 Å². The molecular weight excluding hydrogens is 432 g/mol. The molecule has 2 aliphatic rings. The van der Waals surface area contributed by atoms with E-state index in [0.717, 1.165) is 18.4 Å². The van der Waals surface area contributed by atoms with E-state index < -0.39 is 10.0 Å². The van der Waals surface area contributed by atoms with Crippen molar-refractivity contribution in [3.05, 3.63) is 83.3 Å². The van der Waals surface area contributed by atoms with Gasteiger partial charge >= 0.3 is 0 Å². The summed E-state index contributed by atoms with van der Waals surface area (Å²) in [4.78, 5) is 6.61. The molecule has 33 heavy (non-hydrogen) atoms. The molecule has 176 valence electrons. The maximum atomic E-state index is 12.6. The molecule has 1 aliphatic carbocycles. The van der Waals surface area contributed by atoms with Gasteiger partial charge in [0.05, 0.1) is 6.33 Å². The fourth-order valence-electron chi connectivity index (χ4n) is 5.04. The van der Waals surface area contributed by atoms with Gasteiger partial charge in [0.15, 0.2) is 5.03 Å². The summed E-state index contributed by atoms with van der Waals surface area (Å²) in [5.74, 6) is 0.425. The summed E-state index contributed by atoms with van der Waals surface area (Å²) in [5.41, 5.74) is 5.13. The first-order chi connectivity index (χ1) is 15.5. The molecule has 1 aromatic heterocycles. The van der Waals surface area contributed by atoms with Gasteiger partial charge in [0.2, 0.25) is 0 Å².